The highest BCUT2D eigenvalue weighted by molar-refractivity contribution is 5.80. The number of hydrogen-bond donors (Lipinski definition) is 1. The molecule has 2 aliphatic rings. The highest BCUT2D eigenvalue weighted by atomic mass is 16.5. The SMILES string of the molecule is CCNC(=NCC(C)(C)CN(C)C)N1CCC(N2CCOCC2)C1. The lowest BCUT2D eigenvalue weighted by molar-refractivity contribution is 0.0195. The van der Waals surface area contributed by atoms with Crippen LogP contribution in [0.25, 0.3) is 0 Å². The average molecular weight is 340 g/mol. The molecular formula is C18H37N5O. The first-order valence-corrected chi connectivity index (χ1v) is 9.41. The summed E-state index contributed by atoms with van der Waals surface area (Å²) in [6.07, 6.45) is 1.23. The van der Waals surface area contributed by atoms with E-state index in [-0.39, 0.29) is 5.41 Å². The lowest BCUT2D eigenvalue weighted by Crippen LogP contribution is -2.47. The zero-order valence-electron chi connectivity index (χ0n) is 16.3. The van der Waals surface area contributed by atoms with Gasteiger partial charge < -0.3 is 19.9 Å². The van der Waals surface area contributed by atoms with Crippen molar-refractivity contribution in [1.82, 2.24) is 20.0 Å². The summed E-state index contributed by atoms with van der Waals surface area (Å²) in [5.41, 5.74) is 0.188. The van der Waals surface area contributed by atoms with E-state index < -0.39 is 0 Å². The van der Waals surface area contributed by atoms with E-state index in [4.69, 9.17) is 9.73 Å². The topological polar surface area (TPSA) is 43.3 Å². The first kappa shape index (κ1) is 19.5. The standard InChI is InChI=1S/C18H37N5O/c1-6-19-17(20-14-18(2,3)15-21(4)5)23-8-7-16(13-23)22-9-11-24-12-10-22/h16H,6-15H2,1-5H3,(H,19,20). The second-order valence-electron chi connectivity index (χ2n) is 8.11. The van der Waals surface area contributed by atoms with E-state index in [1.165, 1.54) is 6.42 Å². The van der Waals surface area contributed by atoms with Crippen molar-refractivity contribution in [3.05, 3.63) is 0 Å². The van der Waals surface area contributed by atoms with Gasteiger partial charge in [0.05, 0.1) is 13.2 Å². The Balaban J connectivity index is 1.93. The zero-order valence-corrected chi connectivity index (χ0v) is 16.3. The normalized spacial score (nSPS) is 24.0. The molecule has 0 bridgehead atoms. The molecule has 0 aromatic carbocycles. The summed E-state index contributed by atoms with van der Waals surface area (Å²) >= 11 is 0. The Morgan fingerprint density at radius 1 is 1.25 bits per heavy atom. The summed E-state index contributed by atoms with van der Waals surface area (Å²) < 4.78 is 5.48. The van der Waals surface area contributed by atoms with E-state index in [1.807, 2.05) is 0 Å². The minimum Gasteiger partial charge on any atom is -0.379 e. The van der Waals surface area contributed by atoms with Crippen LogP contribution in [0.3, 0.4) is 0 Å². The van der Waals surface area contributed by atoms with Crippen molar-refractivity contribution >= 4 is 5.96 Å². The minimum atomic E-state index is 0.188. The molecule has 0 radical (unpaired) electrons. The molecular weight excluding hydrogens is 302 g/mol. The molecule has 6 nitrogen and oxygen atoms in total. The van der Waals surface area contributed by atoms with Crippen molar-refractivity contribution in [2.24, 2.45) is 10.4 Å². The van der Waals surface area contributed by atoms with Gasteiger partial charge in [-0.2, -0.15) is 0 Å². The van der Waals surface area contributed by atoms with E-state index in [0.717, 1.165) is 65.0 Å². The number of likely N-dealkylation sites (tertiary alicyclic amines) is 1. The number of nitrogens with zero attached hydrogens (tertiary/aromatic N) is 4. The molecule has 1 unspecified atom stereocenters. The quantitative estimate of drug-likeness (QED) is 0.576. The van der Waals surface area contributed by atoms with Crippen LogP contribution >= 0.6 is 0 Å². The summed E-state index contributed by atoms with van der Waals surface area (Å²) in [5.74, 6) is 1.08. The van der Waals surface area contributed by atoms with E-state index in [0.29, 0.717) is 6.04 Å². The number of hydrogen-bond acceptors (Lipinski definition) is 4. The van der Waals surface area contributed by atoms with Crippen LogP contribution in [0, 0.1) is 5.41 Å². The van der Waals surface area contributed by atoms with Crippen LogP contribution in [0.1, 0.15) is 27.2 Å². The van der Waals surface area contributed by atoms with E-state index in [1.54, 1.807) is 0 Å². The number of guanidine groups is 1. The predicted octanol–water partition coefficient (Wildman–Crippen LogP) is 0.946. The van der Waals surface area contributed by atoms with Crippen LogP contribution in [0.15, 0.2) is 4.99 Å². The van der Waals surface area contributed by atoms with Gasteiger partial charge in [0.15, 0.2) is 5.96 Å². The molecule has 0 aliphatic carbocycles. The molecule has 2 heterocycles. The summed E-state index contributed by atoms with van der Waals surface area (Å²) in [5, 5.41) is 3.49. The number of rotatable bonds is 6. The van der Waals surface area contributed by atoms with Gasteiger partial charge in [-0.3, -0.25) is 9.89 Å². The largest absolute Gasteiger partial charge is 0.379 e. The Bertz CT molecular complexity index is 404. The third-order valence-electron chi connectivity index (χ3n) is 4.76. The molecule has 2 rings (SSSR count). The van der Waals surface area contributed by atoms with Gasteiger partial charge in [0, 0.05) is 51.9 Å². The number of aliphatic imine (C=N–C) groups is 1. The van der Waals surface area contributed by atoms with Crippen LogP contribution in [0.4, 0.5) is 0 Å². The van der Waals surface area contributed by atoms with E-state index in [2.05, 4.69) is 54.9 Å². The highest BCUT2D eigenvalue weighted by Gasteiger charge is 2.30. The number of morpholine rings is 1. The van der Waals surface area contributed by atoms with Crippen LogP contribution in [0.2, 0.25) is 0 Å². The lowest BCUT2D eigenvalue weighted by atomic mass is 9.93. The first-order valence-electron chi connectivity index (χ1n) is 9.41. The maximum atomic E-state index is 5.48. The average Bonchev–Trinajstić information content (AvgIpc) is 3.01. The summed E-state index contributed by atoms with van der Waals surface area (Å²) in [6, 6.07) is 0.646. The highest BCUT2D eigenvalue weighted by Crippen LogP contribution is 2.19. The Hall–Kier alpha value is -0.850. The molecule has 2 aliphatic heterocycles. The summed E-state index contributed by atoms with van der Waals surface area (Å²) in [7, 11) is 4.26. The Morgan fingerprint density at radius 2 is 1.96 bits per heavy atom. The minimum absolute atomic E-state index is 0.188. The van der Waals surface area contributed by atoms with Gasteiger partial charge in [-0.05, 0) is 32.9 Å². The fraction of sp³-hybridized carbons (Fsp3) is 0.944. The number of ether oxygens (including phenoxy) is 1. The van der Waals surface area contributed by atoms with Crippen molar-refractivity contribution in [3.63, 3.8) is 0 Å². The van der Waals surface area contributed by atoms with Crippen molar-refractivity contribution < 1.29 is 4.74 Å². The molecule has 0 aromatic rings. The van der Waals surface area contributed by atoms with Crippen molar-refractivity contribution in [2.75, 3.05) is 73.1 Å². The fourth-order valence-electron chi connectivity index (χ4n) is 3.80. The maximum absolute atomic E-state index is 5.48. The molecule has 2 saturated heterocycles. The van der Waals surface area contributed by atoms with E-state index >= 15 is 0 Å². The molecule has 1 N–H and O–H groups in total. The Kier molecular flexibility index (Phi) is 7.32. The van der Waals surface area contributed by atoms with Gasteiger partial charge in [-0.15, -0.1) is 0 Å². The van der Waals surface area contributed by atoms with Crippen molar-refractivity contribution in [1.29, 1.82) is 0 Å². The third kappa shape index (κ3) is 5.90. The molecule has 0 saturated carbocycles. The van der Waals surface area contributed by atoms with Gasteiger partial charge in [0.1, 0.15) is 0 Å². The second-order valence-corrected chi connectivity index (χ2v) is 8.11. The van der Waals surface area contributed by atoms with Crippen molar-refractivity contribution in [3.8, 4) is 0 Å². The molecule has 0 aromatic heterocycles. The molecule has 24 heavy (non-hydrogen) atoms. The van der Waals surface area contributed by atoms with E-state index in [9.17, 15) is 0 Å². The third-order valence-corrected chi connectivity index (χ3v) is 4.76. The smallest absolute Gasteiger partial charge is 0.193 e. The van der Waals surface area contributed by atoms with Crippen LogP contribution in [-0.4, -0.2) is 99.8 Å². The van der Waals surface area contributed by atoms with Crippen LogP contribution in [-0.2, 0) is 4.74 Å². The fourth-order valence-corrected chi connectivity index (χ4v) is 3.80. The molecule has 0 spiro atoms. The molecule has 1 atom stereocenters. The summed E-state index contributed by atoms with van der Waals surface area (Å²) in [6.45, 7) is 15.6. The zero-order chi connectivity index (χ0) is 17.6. The Morgan fingerprint density at radius 3 is 2.58 bits per heavy atom. The molecule has 6 heteroatoms. The maximum Gasteiger partial charge on any atom is 0.193 e. The molecule has 140 valence electrons. The second kappa shape index (κ2) is 9.02. The molecule has 0 amide bonds. The van der Waals surface area contributed by atoms with Gasteiger partial charge >= 0.3 is 0 Å². The van der Waals surface area contributed by atoms with Crippen molar-refractivity contribution in [2.45, 2.75) is 33.2 Å². The van der Waals surface area contributed by atoms with Gasteiger partial charge in [-0.25, -0.2) is 0 Å². The summed E-state index contributed by atoms with van der Waals surface area (Å²) in [4.78, 5) is 12.2. The Labute approximate surface area is 148 Å². The van der Waals surface area contributed by atoms with Gasteiger partial charge in [0.2, 0.25) is 0 Å². The first-order chi connectivity index (χ1) is 11.4. The van der Waals surface area contributed by atoms with Crippen LogP contribution < -0.4 is 5.32 Å². The van der Waals surface area contributed by atoms with Gasteiger partial charge in [0.25, 0.3) is 0 Å². The monoisotopic (exact) mass is 339 g/mol. The lowest BCUT2D eigenvalue weighted by Gasteiger charge is -2.32. The van der Waals surface area contributed by atoms with Crippen LogP contribution in [0.5, 0.6) is 0 Å². The number of nitrogens with one attached hydrogen (secondary N) is 1. The molecule has 2 fully saturated rings. The predicted molar refractivity (Wildman–Crippen MR) is 101 cm³/mol. The van der Waals surface area contributed by atoms with Gasteiger partial charge in [-0.1, -0.05) is 13.8 Å².